The van der Waals surface area contributed by atoms with E-state index >= 15 is 0 Å². The van der Waals surface area contributed by atoms with Crippen LogP contribution in [0.4, 0.5) is 0 Å². The highest BCUT2D eigenvalue weighted by molar-refractivity contribution is 4.51. The first-order valence-corrected chi connectivity index (χ1v) is 3.40. The van der Waals surface area contributed by atoms with E-state index in [2.05, 4.69) is 20.3 Å². The van der Waals surface area contributed by atoms with E-state index in [-0.39, 0.29) is 6.23 Å². The minimum atomic E-state index is -0.352. The number of hydrogen-bond acceptors (Lipinski definition) is 5. The van der Waals surface area contributed by atoms with Gasteiger partial charge in [0.2, 0.25) is 0 Å². The van der Waals surface area contributed by atoms with E-state index in [4.69, 9.17) is 5.11 Å². The van der Waals surface area contributed by atoms with E-state index in [1.54, 1.807) is 6.92 Å². The van der Waals surface area contributed by atoms with Crippen LogP contribution in [0.15, 0.2) is 17.0 Å². The summed E-state index contributed by atoms with van der Waals surface area (Å²) < 4.78 is 4.08. The van der Waals surface area contributed by atoms with Crippen molar-refractivity contribution in [2.45, 2.75) is 20.1 Å². The van der Waals surface area contributed by atoms with Gasteiger partial charge in [-0.1, -0.05) is 17.2 Å². The SMILES string of the molecule is CCNC(C)O.c1cnon1. The molecule has 0 aliphatic rings. The average molecular weight is 159 g/mol. The summed E-state index contributed by atoms with van der Waals surface area (Å²) >= 11 is 0. The van der Waals surface area contributed by atoms with Crippen molar-refractivity contribution < 1.29 is 9.74 Å². The molecule has 1 heterocycles. The molecule has 5 nitrogen and oxygen atoms in total. The molecule has 0 amide bonds. The largest absolute Gasteiger partial charge is 0.379 e. The first-order chi connectivity index (χ1) is 5.27. The molecule has 1 aromatic rings. The van der Waals surface area contributed by atoms with Crippen molar-refractivity contribution in [2.24, 2.45) is 0 Å². The highest BCUT2D eigenvalue weighted by atomic mass is 16.6. The zero-order valence-electron chi connectivity index (χ0n) is 6.69. The Balaban J connectivity index is 0.000000183. The van der Waals surface area contributed by atoms with Crippen molar-refractivity contribution in [3.05, 3.63) is 12.4 Å². The summed E-state index contributed by atoms with van der Waals surface area (Å²) in [6, 6.07) is 0. The van der Waals surface area contributed by atoms with Crippen LogP contribution in [0.3, 0.4) is 0 Å². The third-order valence-corrected chi connectivity index (χ3v) is 0.782. The molecule has 1 rings (SSSR count). The van der Waals surface area contributed by atoms with Gasteiger partial charge in [-0.15, -0.1) is 0 Å². The molecule has 0 bridgehead atoms. The predicted molar refractivity (Wildman–Crippen MR) is 39.7 cm³/mol. The maximum atomic E-state index is 8.44. The number of nitrogens with one attached hydrogen (secondary N) is 1. The van der Waals surface area contributed by atoms with Gasteiger partial charge < -0.3 is 5.11 Å². The normalized spacial score (nSPS) is 11.5. The van der Waals surface area contributed by atoms with Gasteiger partial charge in [-0.3, -0.25) is 5.32 Å². The molecular weight excluding hydrogens is 146 g/mol. The molecule has 0 fully saturated rings. The molecule has 0 radical (unpaired) electrons. The van der Waals surface area contributed by atoms with Crippen LogP contribution >= 0.6 is 0 Å². The lowest BCUT2D eigenvalue weighted by Crippen LogP contribution is -2.24. The molecule has 0 aliphatic heterocycles. The van der Waals surface area contributed by atoms with Crippen LogP contribution in [0.1, 0.15) is 13.8 Å². The highest BCUT2D eigenvalue weighted by Gasteiger charge is 1.83. The number of aliphatic hydroxyl groups excluding tert-OH is 1. The summed E-state index contributed by atoms with van der Waals surface area (Å²) in [5.74, 6) is 0. The van der Waals surface area contributed by atoms with Crippen LogP contribution in [0, 0.1) is 0 Å². The first kappa shape index (κ1) is 10.1. The molecule has 1 atom stereocenters. The Morgan fingerprint density at radius 3 is 2.18 bits per heavy atom. The molecule has 1 unspecified atom stereocenters. The number of rotatable bonds is 2. The third kappa shape index (κ3) is 9.06. The van der Waals surface area contributed by atoms with E-state index in [1.165, 1.54) is 12.4 Å². The molecule has 64 valence electrons. The van der Waals surface area contributed by atoms with Crippen molar-refractivity contribution in [3.8, 4) is 0 Å². The van der Waals surface area contributed by atoms with E-state index in [0.717, 1.165) is 6.54 Å². The third-order valence-electron chi connectivity index (χ3n) is 0.782. The lowest BCUT2D eigenvalue weighted by molar-refractivity contribution is 0.159. The van der Waals surface area contributed by atoms with Crippen molar-refractivity contribution in [1.29, 1.82) is 0 Å². The Kier molecular flexibility index (Phi) is 6.56. The molecular formula is C6H13N3O2. The summed E-state index contributed by atoms with van der Waals surface area (Å²) in [7, 11) is 0. The van der Waals surface area contributed by atoms with Crippen LogP contribution in [0.2, 0.25) is 0 Å². The molecule has 0 saturated heterocycles. The Hall–Kier alpha value is -0.940. The Labute approximate surface area is 65.4 Å². The fourth-order valence-corrected chi connectivity index (χ4v) is 0.431. The standard InChI is InChI=1S/C4H11NO.C2H2N2O/c1-3-5-4(2)6;1-2-4-5-3-1/h4-6H,3H2,1-2H3;1-2H. The van der Waals surface area contributed by atoms with Gasteiger partial charge in [-0.05, 0) is 13.5 Å². The van der Waals surface area contributed by atoms with Crippen molar-refractivity contribution in [3.63, 3.8) is 0 Å². The molecule has 0 saturated carbocycles. The summed E-state index contributed by atoms with van der Waals surface area (Å²) in [6.45, 7) is 4.48. The molecule has 0 aromatic carbocycles. The predicted octanol–water partition coefficient (Wildman–Crippen LogP) is 0.00380. The number of aromatic nitrogens is 2. The van der Waals surface area contributed by atoms with Crippen molar-refractivity contribution in [1.82, 2.24) is 15.6 Å². The zero-order valence-corrected chi connectivity index (χ0v) is 6.69. The Morgan fingerprint density at radius 2 is 2.09 bits per heavy atom. The maximum absolute atomic E-state index is 8.44. The summed E-state index contributed by atoms with van der Waals surface area (Å²) in [6.07, 6.45) is 2.59. The zero-order chi connectivity index (χ0) is 8.53. The van der Waals surface area contributed by atoms with Crippen LogP contribution in [-0.2, 0) is 0 Å². The van der Waals surface area contributed by atoms with Gasteiger partial charge in [0.1, 0.15) is 6.23 Å². The van der Waals surface area contributed by atoms with Gasteiger partial charge >= 0.3 is 0 Å². The number of nitrogens with zero attached hydrogens (tertiary/aromatic N) is 2. The minimum absolute atomic E-state index is 0.352. The second kappa shape index (κ2) is 7.17. The van der Waals surface area contributed by atoms with Crippen molar-refractivity contribution >= 4 is 0 Å². The van der Waals surface area contributed by atoms with Crippen LogP contribution in [0.25, 0.3) is 0 Å². The van der Waals surface area contributed by atoms with Crippen LogP contribution in [-0.4, -0.2) is 28.2 Å². The van der Waals surface area contributed by atoms with Gasteiger partial charge in [-0.25, -0.2) is 4.63 Å². The van der Waals surface area contributed by atoms with Gasteiger partial charge in [0, 0.05) is 0 Å². The second-order valence-corrected chi connectivity index (χ2v) is 1.82. The minimum Gasteiger partial charge on any atom is -0.379 e. The van der Waals surface area contributed by atoms with Gasteiger partial charge in [0.15, 0.2) is 0 Å². The topological polar surface area (TPSA) is 71.2 Å². The highest BCUT2D eigenvalue weighted by Crippen LogP contribution is 1.65. The summed E-state index contributed by atoms with van der Waals surface area (Å²) in [4.78, 5) is 0. The van der Waals surface area contributed by atoms with Gasteiger partial charge in [-0.2, -0.15) is 0 Å². The van der Waals surface area contributed by atoms with E-state index in [9.17, 15) is 0 Å². The molecule has 2 N–H and O–H groups in total. The lowest BCUT2D eigenvalue weighted by atomic mass is 10.6. The van der Waals surface area contributed by atoms with E-state index < -0.39 is 0 Å². The molecule has 0 aliphatic carbocycles. The van der Waals surface area contributed by atoms with Crippen LogP contribution in [0.5, 0.6) is 0 Å². The maximum Gasteiger partial charge on any atom is 0.102 e. The summed E-state index contributed by atoms with van der Waals surface area (Å²) in [5.41, 5.74) is 0. The van der Waals surface area contributed by atoms with Gasteiger partial charge in [0.05, 0.1) is 12.4 Å². The van der Waals surface area contributed by atoms with Crippen molar-refractivity contribution in [2.75, 3.05) is 6.54 Å². The monoisotopic (exact) mass is 159 g/mol. The average Bonchev–Trinajstić information content (AvgIpc) is 2.41. The quantitative estimate of drug-likeness (QED) is 0.594. The summed E-state index contributed by atoms with van der Waals surface area (Å²) in [5, 5.41) is 17.7. The van der Waals surface area contributed by atoms with E-state index in [0.29, 0.717) is 0 Å². The molecule has 0 spiro atoms. The van der Waals surface area contributed by atoms with E-state index in [1.807, 2.05) is 6.92 Å². The Bertz CT molecular complexity index is 124. The fourth-order valence-electron chi connectivity index (χ4n) is 0.431. The van der Waals surface area contributed by atoms with Crippen LogP contribution < -0.4 is 5.32 Å². The fraction of sp³-hybridized carbons (Fsp3) is 0.667. The molecule has 1 aromatic heterocycles. The first-order valence-electron chi connectivity index (χ1n) is 3.40. The number of aliphatic hydroxyl groups is 1. The second-order valence-electron chi connectivity index (χ2n) is 1.82. The number of hydrogen-bond donors (Lipinski definition) is 2. The molecule has 5 heteroatoms. The van der Waals surface area contributed by atoms with Gasteiger partial charge in [0.25, 0.3) is 0 Å². The molecule has 11 heavy (non-hydrogen) atoms. The lowest BCUT2D eigenvalue weighted by Gasteiger charge is -2.00. The Morgan fingerprint density at radius 1 is 1.55 bits per heavy atom. The smallest absolute Gasteiger partial charge is 0.102 e.